The topological polar surface area (TPSA) is 32.3 Å². The van der Waals surface area contributed by atoms with Crippen LogP contribution in [0.2, 0.25) is 0 Å². The summed E-state index contributed by atoms with van der Waals surface area (Å²) in [5.41, 5.74) is 0.866. The lowest BCUT2D eigenvalue weighted by molar-refractivity contribution is -0.121. The van der Waals surface area contributed by atoms with Crippen LogP contribution in [-0.2, 0) is 4.79 Å². The van der Waals surface area contributed by atoms with E-state index in [9.17, 15) is 4.79 Å². The maximum atomic E-state index is 12.3. The Balaban J connectivity index is 1.61. The van der Waals surface area contributed by atoms with Crippen LogP contribution in [0.4, 0.5) is 0 Å². The van der Waals surface area contributed by atoms with E-state index in [-0.39, 0.29) is 11.9 Å². The maximum absolute atomic E-state index is 12.3. The molecule has 108 valence electrons. The van der Waals surface area contributed by atoms with Crippen LogP contribution in [0.1, 0.15) is 36.6 Å². The minimum absolute atomic E-state index is 0.0599. The number of rotatable bonds is 3. The van der Waals surface area contributed by atoms with Gasteiger partial charge in [0, 0.05) is 18.6 Å². The second-order valence-electron chi connectivity index (χ2n) is 5.78. The maximum Gasteiger partial charge on any atom is 0.242 e. The lowest BCUT2D eigenvalue weighted by Gasteiger charge is -2.32. The molecule has 3 unspecified atom stereocenters. The van der Waals surface area contributed by atoms with Crippen molar-refractivity contribution in [1.82, 2.24) is 10.2 Å². The minimum atomic E-state index is -0.589. The molecule has 1 aromatic rings. The monoisotopic (exact) mass is 292 g/mol. The van der Waals surface area contributed by atoms with Crippen LogP contribution in [-0.4, -0.2) is 36.0 Å². The molecule has 0 radical (unpaired) electrons. The van der Waals surface area contributed by atoms with Gasteiger partial charge in [-0.3, -0.25) is 9.69 Å². The average molecular weight is 293 g/mol. The van der Waals surface area contributed by atoms with E-state index in [0.717, 1.165) is 18.5 Å². The summed E-state index contributed by atoms with van der Waals surface area (Å²) in [6.07, 6.45) is 4.81. The van der Waals surface area contributed by atoms with Crippen LogP contribution < -0.4 is 5.32 Å². The second kappa shape index (κ2) is 6.15. The van der Waals surface area contributed by atoms with Gasteiger partial charge in [-0.2, -0.15) is 0 Å². The number of nitrogens with zero attached hydrogens (tertiary/aromatic N) is 1. The average Bonchev–Trinajstić information content (AvgIpc) is 2.91. The van der Waals surface area contributed by atoms with Crippen LogP contribution in [0, 0.1) is 0 Å². The number of alkyl halides is 1. The van der Waals surface area contributed by atoms with Gasteiger partial charge in [0.1, 0.15) is 5.38 Å². The Labute approximate surface area is 125 Å². The van der Waals surface area contributed by atoms with Crippen molar-refractivity contribution in [1.29, 1.82) is 0 Å². The first-order chi connectivity index (χ1) is 9.75. The molecule has 2 saturated heterocycles. The van der Waals surface area contributed by atoms with Crippen molar-refractivity contribution in [3.63, 3.8) is 0 Å². The zero-order chi connectivity index (χ0) is 13.9. The number of piperidine rings is 1. The lowest BCUT2D eigenvalue weighted by atomic mass is 9.99. The van der Waals surface area contributed by atoms with E-state index in [2.05, 4.69) is 10.2 Å². The molecular weight excluding hydrogens is 272 g/mol. The van der Waals surface area contributed by atoms with Crippen molar-refractivity contribution in [2.75, 3.05) is 13.1 Å². The summed E-state index contributed by atoms with van der Waals surface area (Å²) in [6.45, 7) is 2.29. The highest BCUT2D eigenvalue weighted by molar-refractivity contribution is 6.30. The van der Waals surface area contributed by atoms with Crippen LogP contribution in [0.15, 0.2) is 30.3 Å². The molecule has 2 aliphatic heterocycles. The highest BCUT2D eigenvalue weighted by Gasteiger charge is 2.37. The molecule has 0 saturated carbocycles. The van der Waals surface area contributed by atoms with Gasteiger partial charge in [0.2, 0.25) is 5.91 Å². The van der Waals surface area contributed by atoms with Gasteiger partial charge in [0.05, 0.1) is 0 Å². The second-order valence-corrected chi connectivity index (χ2v) is 6.21. The van der Waals surface area contributed by atoms with Crippen molar-refractivity contribution < 1.29 is 4.79 Å². The number of amides is 1. The standard InChI is InChI=1S/C16H21ClN2O/c17-15(12-6-2-1-3-7-12)16(20)18-13-9-11-19-10-5-4-8-14(13)19/h1-3,6-7,13-15H,4-5,8-11H2,(H,18,20). The first-order valence-corrected chi connectivity index (χ1v) is 7.93. The third-order valence-electron chi connectivity index (χ3n) is 4.51. The molecule has 0 spiro atoms. The molecule has 2 heterocycles. The number of carbonyl (C=O) groups is 1. The van der Waals surface area contributed by atoms with Gasteiger partial charge in [0.25, 0.3) is 0 Å². The summed E-state index contributed by atoms with van der Waals surface area (Å²) in [6, 6.07) is 10.4. The number of halogens is 1. The van der Waals surface area contributed by atoms with Gasteiger partial charge in [-0.1, -0.05) is 36.8 Å². The Kier molecular flexibility index (Phi) is 4.27. The van der Waals surface area contributed by atoms with Crippen molar-refractivity contribution in [2.45, 2.75) is 43.1 Å². The molecule has 20 heavy (non-hydrogen) atoms. The predicted molar refractivity (Wildman–Crippen MR) is 80.8 cm³/mol. The molecule has 0 bridgehead atoms. The van der Waals surface area contributed by atoms with Gasteiger partial charge < -0.3 is 5.32 Å². The fraction of sp³-hybridized carbons (Fsp3) is 0.562. The van der Waals surface area contributed by atoms with E-state index in [1.165, 1.54) is 25.8 Å². The van der Waals surface area contributed by atoms with Crippen molar-refractivity contribution in [3.05, 3.63) is 35.9 Å². The van der Waals surface area contributed by atoms with Crippen molar-refractivity contribution in [2.24, 2.45) is 0 Å². The first-order valence-electron chi connectivity index (χ1n) is 7.49. The zero-order valence-electron chi connectivity index (χ0n) is 11.6. The van der Waals surface area contributed by atoms with E-state index >= 15 is 0 Å². The van der Waals surface area contributed by atoms with Gasteiger partial charge in [0.15, 0.2) is 0 Å². The van der Waals surface area contributed by atoms with E-state index in [1.807, 2.05) is 30.3 Å². The van der Waals surface area contributed by atoms with Gasteiger partial charge in [-0.25, -0.2) is 0 Å². The quantitative estimate of drug-likeness (QED) is 0.869. The number of carbonyl (C=O) groups excluding carboxylic acids is 1. The molecular formula is C16H21ClN2O. The summed E-state index contributed by atoms with van der Waals surface area (Å²) in [7, 11) is 0. The third kappa shape index (κ3) is 2.84. The molecule has 3 nitrogen and oxygen atoms in total. The summed E-state index contributed by atoms with van der Waals surface area (Å²) in [5, 5.41) is 2.57. The molecule has 0 aromatic heterocycles. The van der Waals surface area contributed by atoms with Crippen molar-refractivity contribution in [3.8, 4) is 0 Å². The normalized spacial score (nSPS) is 27.9. The highest BCUT2D eigenvalue weighted by Crippen LogP contribution is 2.28. The van der Waals surface area contributed by atoms with Crippen molar-refractivity contribution >= 4 is 17.5 Å². The summed E-state index contributed by atoms with van der Waals surface area (Å²) < 4.78 is 0. The molecule has 2 fully saturated rings. The first kappa shape index (κ1) is 13.9. The summed E-state index contributed by atoms with van der Waals surface area (Å²) in [4.78, 5) is 14.8. The molecule has 3 rings (SSSR count). The van der Waals surface area contributed by atoms with Crippen LogP contribution in [0.5, 0.6) is 0 Å². The van der Waals surface area contributed by atoms with Gasteiger partial charge >= 0.3 is 0 Å². The van der Waals surface area contributed by atoms with Gasteiger partial charge in [-0.15, -0.1) is 11.6 Å². The highest BCUT2D eigenvalue weighted by atomic mass is 35.5. The predicted octanol–water partition coefficient (Wildman–Crippen LogP) is 2.71. The van der Waals surface area contributed by atoms with E-state index < -0.39 is 5.38 Å². The van der Waals surface area contributed by atoms with E-state index in [1.54, 1.807) is 0 Å². The SMILES string of the molecule is O=C(NC1CCN2CCCCC12)C(Cl)c1ccccc1. The minimum Gasteiger partial charge on any atom is -0.350 e. The van der Waals surface area contributed by atoms with E-state index in [4.69, 9.17) is 11.6 Å². The molecule has 4 heteroatoms. The van der Waals surface area contributed by atoms with Crippen LogP contribution in [0.25, 0.3) is 0 Å². The van der Waals surface area contributed by atoms with Crippen LogP contribution >= 0.6 is 11.6 Å². The fourth-order valence-corrected chi connectivity index (χ4v) is 3.65. The molecule has 2 aliphatic rings. The number of hydrogen-bond donors (Lipinski definition) is 1. The number of hydrogen-bond acceptors (Lipinski definition) is 2. The third-order valence-corrected chi connectivity index (χ3v) is 4.96. The lowest BCUT2D eigenvalue weighted by Crippen LogP contribution is -2.47. The Morgan fingerprint density at radius 2 is 2.00 bits per heavy atom. The Morgan fingerprint density at radius 1 is 1.20 bits per heavy atom. The Hall–Kier alpha value is -1.06. The summed E-state index contributed by atoms with van der Waals surface area (Å²) >= 11 is 6.28. The summed E-state index contributed by atoms with van der Waals surface area (Å²) in [5.74, 6) is -0.0599. The molecule has 1 amide bonds. The van der Waals surface area contributed by atoms with Crippen LogP contribution in [0.3, 0.4) is 0 Å². The molecule has 1 aromatic carbocycles. The molecule has 3 atom stereocenters. The number of nitrogens with one attached hydrogen (secondary N) is 1. The molecule has 0 aliphatic carbocycles. The Morgan fingerprint density at radius 3 is 2.80 bits per heavy atom. The number of benzene rings is 1. The fourth-order valence-electron chi connectivity index (χ4n) is 3.44. The molecule has 1 N–H and O–H groups in total. The van der Waals surface area contributed by atoms with Gasteiger partial charge in [-0.05, 0) is 31.4 Å². The smallest absolute Gasteiger partial charge is 0.242 e. The number of fused-ring (bicyclic) bond motifs is 1. The zero-order valence-corrected chi connectivity index (χ0v) is 12.4. The van der Waals surface area contributed by atoms with E-state index in [0.29, 0.717) is 6.04 Å². The Bertz CT molecular complexity index is 465. The largest absolute Gasteiger partial charge is 0.350 e.